The van der Waals surface area contributed by atoms with E-state index in [0.29, 0.717) is 43.2 Å². The van der Waals surface area contributed by atoms with Crippen LogP contribution in [0.5, 0.6) is 0 Å². The Kier molecular flexibility index (Phi) is 9.91. The third kappa shape index (κ3) is 7.18. The zero-order valence-electron chi connectivity index (χ0n) is 18.1. The molecule has 1 aromatic heterocycles. The molecule has 2 amide bonds. The van der Waals surface area contributed by atoms with Crippen LogP contribution in [0.4, 0.5) is 0 Å². The Morgan fingerprint density at radius 2 is 1.77 bits per heavy atom. The van der Waals surface area contributed by atoms with E-state index in [-0.39, 0.29) is 18.4 Å². The number of benzene rings is 1. The lowest BCUT2D eigenvalue weighted by Crippen LogP contribution is -2.43. The summed E-state index contributed by atoms with van der Waals surface area (Å²) in [5.41, 5.74) is 1.58. The molecule has 1 aromatic carbocycles. The molecule has 0 atom stereocenters. The van der Waals surface area contributed by atoms with Gasteiger partial charge in [-0.15, -0.1) is 0 Å². The van der Waals surface area contributed by atoms with Gasteiger partial charge in [-0.1, -0.05) is 24.9 Å². The minimum atomic E-state index is -0.176. The second-order valence-electron chi connectivity index (χ2n) is 7.36. The van der Waals surface area contributed by atoms with Gasteiger partial charge in [0.05, 0.1) is 6.54 Å². The molecule has 0 fully saturated rings. The van der Waals surface area contributed by atoms with Crippen LogP contribution >= 0.6 is 11.6 Å². The fourth-order valence-electron chi connectivity index (χ4n) is 3.19. The summed E-state index contributed by atoms with van der Waals surface area (Å²) >= 11 is 5.95. The summed E-state index contributed by atoms with van der Waals surface area (Å²) < 4.78 is 7.14. The monoisotopic (exact) mass is 433 g/mol. The third-order valence-electron chi connectivity index (χ3n) is 5.02. The molecule has 0 aliphatic heterocycles. The second kappa shape index (κ2) is 12.4. The maximum absolute atomic E-state index is 13.2. The summed E-state index contributed by atoms with van der Waals surface area (Å²) in [5, 5.41) is 0.571. The van der Waals surface area contributed by atoms with Gasteiger partial charge in [0.1, 0.15) is 6.54 Å². The van der Waals surface area contributed by atoms with Crippen LogP contribution in [0.1, 0.15) is 42.2 Å². The summed E-state index contributed by atoms with van der Waals surface area (Å²) in [5.74, 6) is -0.227. The molecule has 0 bridgehead atoms. The maximum atomic E-state index is 13.2. The summed E-state index contributed by atoms with van der Waals surface area (Å²) in [6, 6.07) is 10.7. The van der Waals surface area contributed by atoms with E-state index in [9.17, 15) is 9.59 Å². The molecular weight excluding hydrogens is 402 g/mol. The van der Waals surface area contributed by atoms with Gasteiger partial charge in [0.2, 0.25) is 5.91 Å². The molecule has 0 N–H and O–H groups in total. The van der Waals surface area contributed by atoms with E-state index in [2.05, 4.69) is 6.92 Å². The summed E-state index contributed by atoms with van der Waals surface area (Å²) in [7, 11) is 3.60. The van der Waals surface area contributed by atoms with Crippen LogP contribution in [0, 0.1) is 0 Å². The van der Waals surface area contributed by atoms with Crippen LogP contribution in [0.25, 0.3) is 0 Å². The van der Waals surface area contributed by atoms with E-state index >= 15 is 0 Å². The molecule has 2 rings (SSSR count). The number of methoxy groups -OCH3 is 1. The van der Waals surface area contributed by atoms with Gasteiger partial charge in [-0.2, -0.15) is 0 Å². The zero-order valence-corrected chi connectivity index (χ0v) is 18.9. The standard InChI is InChI=1S/C23H32ClN3O3/c1-4-5-14-26(17-21-8-6-13-25(21)2)22(28)18-27(15-7-16-30-3)23(29)19-9-11-20(24)12-10-19/h6,8-13H,4-5,7,14-18H2,1-3H3. The number of aryl methyl sites for hydroxylation is 1. The molecule has 0 saturated carbocycles. The van der Waals surface area contributed by atoms with Crippen molar-refractivity contribution in [3.8, 4) is 0 Å². The molecule has 0 aliphatic carbocycles. The molecule has 0 spiro atoms. The molecule has 7 heteroatoms. The molecule has 0 saturated heterocycles. The maximum Gasteiger partial charge on any atom is 0.254 e. The number of nitrogens with zero attached hydrogens (tertiary/aromatic N) is 3. The van der Waals surface area contributed by atoms with E-state index in [1.54, 1.807) is 36.3 Å². The Labute approximate surface area is 184 Å². The summed E-state index contributed by atoms with van der Waals surface area (Å²) in [6.45, 7) is 4.32. The molecular formula is C23H32ClN3O3. The van der Waals surface area contributed by atoms with E-state index in [1.807, 2.05) is 34.8 Å². The van der Waals surface area contributed by atoms with E-state index in [1.165, 1.54) is 0 Å². The highest BCUT2D eigenvalue weighted by atomic mass is 35.5. The zero-order chi connectivity index (χ0) is 21.9. The van der Waals surface area contributed by atoms with Crippen molar-refractivity contribution < 1.29 is 14.3 Å². The Hall–Kier alpha value is -2.31. The Morgan fingerprint density at radius 3 is 2.37 bits per heavy atom. The van der Waals surface area contributed by atoms with Gasteiger partial charge in [-0.3, -0.25) is 9.59 Å². The van der Waals surface area contributed by atoms with Crippen LogP contribution in [0.2, 0.25) is 5.02 Å². The van der Waals surface area contributed by atoms with Crippen molar-refractivity contribution in [2.24, 2.45) is 7.05 Å². The van der Waals surface area contributed by atoms with Crippen molar-refractivity contribution in [2.75, 3.05) is 33.4 Å². The first-order chi connectivity index (χ1) is 14.5. The van der Waals surface area contributed by atoms with Crippen molar-refractivity contribution in [2.45, 2.75) is 32.7 Å². The second-order valence-corrected chi connectivity index (χ2v) is 7.80. The van der Waals surface area contributed by atoms with Gasteiger partial charge in [-0.05, 0) is 49.2 Å². The number of rotatable bonds is 12. The third-order valence-corrected chi connectivity index (χ3v) is 5.27. The van der Waals surface area contributed by atoms with Crippen molar-refractivity contribution in [3.63, 3.8) is 0 Å². The van der Waals surface area contributed by atoms with E-state index in [4.69, 9.17) is 16.3 Å². The molecule has 0 aliphatic rings. The topological polar surface area (TPSA) is 54.8 Å². The largest absolute Gasteiger partial charge is 0.385 e. The average Bonchev–Trinajstić information content (AvgIpc) is 3.14. The minimum absolute atomic E-state index is 0.0410. The number of amides is 2. The average molecular weight is 434 g/mol. The lowest BCUT2D eigenvalue weighted by molar-refractivity contribution is -0.132. The number of carbonyl (C=O) groups excluding carboxylic acids is 2. The smallest absolute Gasteiger partial charge is 0.254 e. The molecule has 0 unspecified atom stereocenters. The SMILES string of the molecule is CCCCN(Cc1cccn1C)C(=O)CN(CCCOC)C(=O)c1ccc(Cl)cc1. The van der Waals surface area contributed by atoms with Crippen LogP contribution in [0.3, 0.4) is 0 Å². The molecule has 164 valence electrons. The van der Waals surface area contributed by atoms with Crippen molar-refractivity contribution in [1.29, 1.82) is 0 Å². The van der Waals surface area contributed by atoms with Gasteiger partial charge < -0.3 is 19.1 Å². The first-order valence-electron chi connectivity index (χ1n) is 10.4. The number of aromatic nitrogens is 1. The van der Waals surface area contributed by atoms with Crippen LogP contribution < -0.4 is 0 Å². The number of hydrogen-bond acceptors (Lipinski definition) is 3. The van der Waals surface area contributed by atoms with Gasteiger partial charge in [0, 0.05) is 56.3 Å². The Morgan fingerprint density at radius 1 is 1.07 bits per heavy atom. The van der Waals surface area contributed by atoms with Gasteiger partial charge in [0.15, 0.2) is 0 Å². The van der Waals surface area contributed by atoms with Crippen molar-refractivity contribution >= 4 is 23.4 Å². The molecule has 0 radical (unpaired) electrons. The summed E-state index contributed by atoms with van der Waals surface area (Å²) in [4.78, 5) is 29.7. The normalized spacial score (nSPS) is 10.8. The number of unbranched alkanes of at least 4 members (excludes halogenated alkanes) is 1. The van der Waals surface area contributed by atoms with Crippen molar-refractivity contribution in [1.82, 2.24) is 14.4 Å². The number of ether oxygens (including phenoxy) is 1. The van der Waals surface area contributed by atoms with Crippen molar-refractivity contribution in [3.05, 3.63) is 58.9 Å². The minimum Gasteiger partial charge on any atom is -0.385 e. The number of halogens is 1. The summed E-state index contributed by atoms with van der Waals surface area (Å²) in [6.07, 6.45) is 4.55. The lowest BCUT2D eigenvalue weighted by atomic mass is 10.2. The lowest BCUT2D eigenvalue weighted by Gasteiger charge is -2.28. The number of carbonyl (C=O) groups is 2. The van der Waals surface area contributed by atoms with Crippen LogP contribution in [0.15, 0.2) is 42.6 Å². The Balaban J connectivity index is 2.14. The van der Waals surface area contributed by atoms with E-state index in [0.717, 1.165) is 18.5 Å². The Bertz CT molecular complexity index is 804. The molecule has 1 heterocycles. The first-order valence-corrected chi connectivity index (χ1v) is 10.8. The van der Waals surface area contributed by atoms with Gasteiger partial charge >= 0.3 is 0 Å². The molecule has 6 nitrogen and oxygen atoms in total. The predicted molar refractivity (Wildman–Crippen MR) is 120 cm³/mol. The highest BCUT2D eigenvalue weighted by molar-refractivity contribution is 6.30. The van der Waals surface area contributed by atoms with Crippen LogP contribution in [-0.2, 0) is 23.1 Å². The molecule has 2 aromatic rings. The number of hydrogen-bond donors (Lipinski definition) is 0. The van der Waals surface area contributed by atoms with Crippen LogP contribution in [-0.4, -0.2) is 59.5 Å². The van der Waals surface area contributed by atoms with Gasteiger partial charge in [-0.25, -0.2) is 0 Å². The first kappa shape index (κ1) is 24.0. The fourth-order valence-corrected chi connectivity index (χ4v) is 3.31. The highest BCUT2D eigenvalue weighted by Crippen LogP contribution is 2.13. The highest BCUT2D eigenvalue weighted by Gasteiger charge is 2.22. The molecule has 30 heavy (non-hydrogen) atoms. The quantitative estimate of drug-likeness (QED) is 0.475. The van der Waals surface area contributed by atoms with Gasteiger partial charge in [0.25, 0.3) is 5.91 Å². The predicted octanol–water partition coefficient (Wildman–Crippen LogP) is 3.99. The fraction of sp³-hybridized carbons (Fsp3) is 0.478. The van der Waals surface area contributed by atoms with E-state index < -0.39 is 0 Å².